The Labute approximate surface area is 124 Å². The Bertz CT molecular complexity index is 660. The Kier molecular flexibility index (Phi) is 3.21. The second-order valence-electron chi connectivity index (χ2n) is 4.31. The van der Waals surface area contributed by atoms with Crippen LogP contribution in [0.15, 0.2) is 46.9 Å². The third-order valence-corrected chi connectivity index (χ3v) is 3.71. The summed E-state index contributed by atoms with van der Waals surface area (Å²) in [5, 5.41) is 6.69. The van der Waals surface area contributed by atoms with Crippen LogP contribution < -0.4 is 10.6 Å². The van der Waals surface area contributed by atoms with Crippen molar-refractivity contribution in [2.75, 3.05) is 10.6 Å². The van der Waals surface area contributed by atoms with Gasteiger partial charge in [0.05, 0.1) is 0 Å². The lowest BCUT2D eigenvalue weighted by Gasteiger charge is -2.13. The van der Waals surface area contributed by atoms with Gasteiger partial charge in [0.2, 0.25) is 0 Å². The van der Waals surface area contributed by atoms with Crippen LogP contribution in [0.1, 0.15) is 11.6 Å². The van der Waals surface area contributed by atoms with Crippen LogP contribution in [-0.4, -0.2) is 5.91 Å². The van der Waals surface area contributed by atoms with Crippen molar-refractivity contribution in [3.63, 3.8) is 0 Å². The highest BCUT2D eigenvalue weighted by Gasteiger charge is 2.30. The van der Waals surface area contributed by atoms with Crippen molar-refractivity contribution in [3.8, 4) is 0 Å². The van der Waals surface area contributed by atoms with Crippen molar-refractivity contribution in [3.05, 3.63) is 57.5 Å². The van der Waals surface area contributed by atoms with E-state index in [2.05, 4.69) is 26.6 Å². The number of carbonyl (C=O) groups is 1. The summed E-state index contributed by atoms with van der Waals surface area (Å²) in [4.78, 5) is 12.0. The number of amides is 1. The molecule has 0 spiro atoms. The molecule has 3 rings (SSSR count). The summed E-state index contributed by atoms with van der Waals surface area (Å²) in [6.45, 7) is 0. The number of halogens is 2. The zero-order valence-corrected chi connectivity index (χ0v) is 12.1. The number of hydrogen-bond acceptors (Lipinski definition) is 2. The molecule has 0 aromatic heterocycles. The van der Waals surface area contributed by atoms with Gasteiger partial charge in [0.15, 0.2) is 0 Å². The molecule has 5 heteroatoms. The smallest absolute Gasteiger partial charge is 0.251 e. The molecule has 0 saturated heterocycles. The second kappa shape index (κ2) is 4.87. The number of carbonyl (C=O) groups excluding carboxylic acids is 1. The predicted molar refractivity (Wildman–Crippen MR) is 80.6 cm³/mol. The lowest BCUT2D eigenvalue weighted by atomic mass is 10.1. The van der Waals surface area contributed by atoms with Gasteiger partial charge in [-0.15, -0.1) is 0 Å². The van der Waals surface area contributed by atoms with Crippen LogP contribution in [0.2, 0.25) is 5.02 Å². The summed E-state index contributed by atoms with van der Waals surface area (Å²) in [5.74, 6) is -0.0620. The van der Waals surface area contributed by atoms with Crippen LogP contribution in [-0.2, 0) is 4.79 Å². The maximum absolute atomic E-state index is 12.0. The van der Waals surface area contributed by atoms with E-state index in [0.717, 1.165) is 21.4 Å². The van der Waals surface area contributed by atoms with Gasteiger partial charge >= 0.3 is 0 Å². The largest absolute Gasteiger partial charge is 0.370 e. The maximum atomic E-state index is 12.0. The quantitative estimate of drug-likeness (QED) is 0.862. The van der Waals surface area contributed by atoms with Gasteiger partial charge in [-0.1, -0.05) is 33.6 Å². The molecule has 1 aliphatic heterocycles. The highest BCUT2D eigenvalue weighted by Crippen LogP contribution is 2.35. The Hall–Kier alpha value is -1.52. The van der Waals surface area contributed by atoms with Crippen LogP contribution in [0.4, 0.5) is 11.4 Å². The Morgan fingerprint density at radius 3 is 2.84 bits per heavy atom. The van der Waals surface area contributed by atoms with Crippen LogP contribution in [0, 0.1) is 0 Å². The minimum atomic E-state index is -0.397. The SMILES string of the molecule is O=C1Nc2ccc(Br)cc2C1Nc1cccc(Cl)c1. The fourth-order valence-corrected chi connectivity index (χ4v) is 2.69. The highest BCUT2D eigenvalue weighted by molar-refractivity contribution is 9.10. The van der Waals surface area contributed by atoms with E-state index >= 15 is 0 Å². The summed E-state index contributed by atoms with van der Waals surface area (Å²) in [5.41, 5.74) is 2.59. The third-order valence-electron chi connectivity index (χ3n) is 2.98. The van der Waals surface area contributed by atoms with Crippen molar-refractivity contribution in [2.45, 2.75) is 6.04 Å². The first kappa shape index (κ1) is 12.5. The normalized spacial score (nSPS) is 16.9. The molecule has 0 fully saturated rings. The minimum Gasteiger partial charge on any atom is -0.370 e. The van der Waals surface area contributed by atoms with E-state index in [4.69, 9.17) is 11.6 Å². The molecular formula is C14H10BrClN2O. The second-order valence-corrected chi connectivity index (χ2v) is 5.66. The molecule has 1 aliphatic rings. The molecule has 0 saturated carbocycles. The highest BCUT2D eigenvalue weighted by atomic mass is 79.9. The molecule has 2 aromatic carbocycles. The van der Waals surface area contributed by atoms with Gasteiger partial charge in [-0.05, 0) is 36.4 Å². The molecule has 1 amide bonds. The first-order chi connectivity index (χ1) is 9.13. The van der Waals surface area contributed by atoms with Crippen molar-refractivity contribution in [1.29, 1.82) is 0 Å². The molecule has 1 atom stereocenters. The van der Waals surface area contributed by atoms with Crippen LogP contribution in [0.25, 0.3) is 0 Å². The summed E-state index contributed by atoms with van der Waals surface area (Å²) in [6.07, 6.45) is 0. The van der Waals surface area contributed by atoms with E-state index in [1.165, 1.54) is 0 Å². The number of benzene rings is 2. The molecule has 1 unspecified atom stereocenters. The number of fused-ring (bicyclic) bond motifs is 1. The molecule has 2 N–H and O–H groups in total. The molecule has 0 aliphatic carbocycles. The Balaban J connectivity index is 1.94. The van der Waals surface area contributed by atoms with E-state index in [0.29, 0.717) is 5.02 Å². The van der Waals surface area contributed by atoms with Crippen molar-refractivity contribution in [2.24, 2.45) is 0 Å². The zero-order valence-electron chi connectivity index (χ0n) is 9.78. The van der Waals surface area contributed by atoms with Crippen LogP contribution in [0.5, 0.6) is 0 Å². The van der Waals surface area contributed by atoms with E-state index in [9.17, 15) is 4.79 Å². The lowest BCUT2D eigenvalue weighted by Crippen LogP contribution is -2.19. The molecule has 96 valence electrons. The third kappa shape index (κ3) is 2.46. The van der Waals surface area contributed by atoms with Crippen molar-refractivity contribution in [1.82, 2.24) is 0 Å². The van der Waals surface area contributed by atoms with Gasteiger partial charge in [-0.2, -0.15) is 0 Å². The van der Waals surface area contributed by atoms with Crippen LogP contribution in [0.3, 0.4) is 0 Å². The maximum Gasteiger partial charge on any atom is 0.251 e. The average Bonchev–Trinajstić information content (AvgIpc) is 2.66. The predicted octanol–water partition coefficient (Wildman–Crippen LogP) is 4.21. The van der Waals surface area contributed by atoms with Crippen molar-refractivity contribution >= 4 is 44.8 Å². The summed E-state index contributed by atoms with van der Waals surface area (Å²) < 4.78 is 0.945. The fourth-order valence-electron chi connectivity index (χ4n) is 2.12. The molecule has 0 bridgehead atoms. The topological polar surface area (TPSA) is 41.1 Å². The lowest BCUT2D eigenvalue weighted by molar-refractivity contribution is -0.116. The van der Waals surface area contributed by atoms with E-state index in [-0.39, 0.29) is 5.91 Å². The number of nitrogens with one attached hydrogen (secondary N) is 2. The monoisotopic (exact) mass is 336 g/mol. The van der Waals surface area contributed by atoms with E-state index < -0.39 is 6.04 Å². The average molecular weight is 338 g/mol. The van der Waals surface area contributed by atoms with Gasteiger partial charge in [0.1, 0.15) is 6.04 Å². The first-order valence-electron chi connectivity index (χ1n) is 5.76. The zero-order chi connectivity index (χ0) is 13.4. The van der Waals surface area contributed by atoms with Crippen molar-refractivity contribution < 1.29 is 4.79 Å². The summed E-state index contributed by atoms with van der Waals surface area (Å²) >= 11 is 9.37. The molecule has 1 heterocycles. The summed E-state index contributed by atoms with van der Waals surface area (Å²) in [7, 11) is 0. The fraction of sp³-hybridized carbons (Fsp3) is 0.0714. The molecular weight excluding hydrogens is 328 g/mol. The minimum absolute atomic E-state index is 0.0620. The molecule has 2 aromatic rings. The van der Waals surface area contributed by atoms with Crippen LogP contribution >= 0.6 is 27.5 Å². The number of anilines is 2. The van der Waals surface area contributed by atoms with E-state index in [1.807, 2.05) is 30.3 Å². The van der Waals surface area contributed by atoms with Gasteiger partial charge < -0.3 is 10.6 Å². The van der Waals surface area contributed by atoms with Gasteiger partial charge in [-0.25, -0.2) is 0 Å². The van der Waals surface area contributed by atoms with Gasteiger partial charge in [-0.3, -0.25) is 4.79 Å². The Morgan fingerprint density at radius 1 is 1.21 bits per heavy atom. The molecule has 19 heavy (non-hydrogen) atoms. The molecule has 0 radical (unpaired) electrons. The van der Waals surface area contributed by atoms with Gasteiger partial charge in [0.25, 0.3) is 5.91 Å². The number of hydrogen-bond donors (Lipinski definition) is 2. The summed E-state index contributed by atoms with van der Waals surface area (Å²) in [6, 6.07) is 12.7. The first-order valence-corrected chi connectivity index (χ1v) is 6.93. The Morgan fingerprint density at radius 2 is 2.05 bits per heavy atom. The van der Waals surface area contributed by atoms with E-state index in [1.54, 1.807) is 12.1 Å². The standard InChI is InChI=1S/C14H10BrClN2O/c15-8-4-5-12-11(6-8)13(14(19)18-12)17-10-3-1-2-9(16)7-10/h1-7,13,17H,(H,18,19). The molecule has 3 nitrogen and oxygen atoms in total. The number of rotatable bonds is 2. The van der Waals surface area contributed by atoms with Gasteiger partial charge in [0, 0.05) is 26.4 Å².